The summed E-state index contributed by atoms with van der Waals surface area (Å²) in [5.41, 5.74) is 6.51. The number of rotatable bonds is 3. The lowest BCUT2D eigenvalue weighted by Gasteiger charge is -2.10. The quantitative estimate of drug-likeness (QED) is 0.903. The lowest BCUT2D eigenvalue weighted by Crippen LogP contribution is -1.99. The molecule has 88 valence electrons. The van der Waals surface area contributed by atoms with Crippen molar-refractivity contribution in [2.45, 2.75) is 6.54 Å². The van der Waals surface area contributed by atoms with E-state index in [0.29, 0.717) is 28.1 Å². The van der Waals surface area contributed by atoms with Crippen LogP contribution < -0.4 is 10.5 Å². The Hall–Kier alpha value is -1.22. The lowest BCUT2D eigenvalue weighted by atomic mass is 10.2. The maximum Gasteiger partial charge on any atom is 0.132 e. The first-order chi connectivity index (χ1) is 8.19. The number of halogens is 2. The van der Waals surface area contributed by atoms with Crippen LogP contribution in [0.4, 0.5) is 0 Å². The van der Waals surface area contributed by atoms with E-state index in [-0.39, 0.29) is 0 Å². The molecule has 0 fully saturated rings. The van der Waals surface area contributed by atoms with E-state index in [4.69, 9.17) is 33.7 Å². The molecular formula is C13H11Cl2NO. The molecule has 0 radical (unpaired) electrons. The number of hydrogen-bond donors (Lipinski definition) is 1. The topological polar surface area (TPSA) is 35.2 Å². The van der Waals surface area contributed by atoms with Gasteiger partial charge in [0.1, 0.15) is 11.5 Å². The summed E-state index contributed by atoms with van der Waals surface area (Å²) in [6, 6.07) is 12.5. The van der Waals surface area contributed by atoms with Gasteiger partial charge in [-0.2, -0.15) is 0 Å². The van der Waals surface area contributed by atoms with Crippen LogP contribution in [0.5, 0.6) is 11.5 Å². The molecule has 0 unspecified atom stereocenters. The van der Waals surface area contributed by atoms with Crippen LogP contribution in [0.1, 0.15) is 5.56 Å². The number of ether oxygens (including phenoxy) is 1. The molecule has 0 aromatic heterocycles. The summed E-state index contributed by atoms with van der Waals surface area (Å²) >= 11 is 11.7. The summed E-state index contributed by atoms with van der Waals surface area (Å²) in [5, 5.41) is 1.32. The molecule has 0 aliphatic rings. The molecule has 0 aliphatic heterocycles. The second-order valence-corrected chi connectivity index (χ2v) is 4.39. The first-order valence-corrected chi connectivity index (χ1v) is 5.86. The van der Waals surface area contributed by atoms with Gasteiger partial charge >= 0.3 is 0 Å². The zero-order chi connectivity index (χ0) is 12.3. The SMILES string of the molecule is NCc1cc(Cl)ccc1Oc1ccc(Cl)cc1. The summed E-state index contributed by atoms with van der Waals surface area (Å²) in [6.07, 6.45) is 0. The standard InChI is InChI=1S/C13H11Cl2NO/c14-10-1-4-12(5-2-10)17-13-6-3-11(15)7-9(13)8-16/h1-7H,8,16H2. The van der Waals surface area contributed by atoms with Crippen molar-refractivity contribution in [1.82, 2.24) is 0 Å². The second-order valence-electron chi connectivity index (χ2n) is 3.51. The van der Waals surface area contributed by atoms with Crippen molar-refractivity contribution in [3.8, 4) is 11.5 Å². The van der Waals surface area contributed by atoms with Crippen LogP contribution in [-0.4, -0.2) is 0 Å². The molecule has 0 atom stereocenters. The van der Waals surface area contributed by atoms with Crippen molar-refractivity contribution in [3.63, 3.8) is 0 Å². The van der Waals surface area contributed by atoms with E-state index in [0.717, 1.165) is 5.56 Å². The van der Waals surface area contributed by atoms with Gasteiger partial charge < -0.3 is 10.5 Å². The van der Waals surface area contributed by atoms with E-state index in [2.05, 4.69) is 0 Å². The van der Waals surface area contributed by atoms with E-state index >= 15 is 0 Å². The fourth-order valence-corrected chi connectivity index (χ4v) is 1.76. The van der Waals surface area contributed by atoms with Crippen molar-refractivity contribution in [2.24, 2.45) is 5.73 Å². The molecular weight excluding hydrogens is 257 g/mol. The van der Waals surface area contributed by atoms with E-state index < -0.39 is 0 Å². The Morgan fingerprint density at radius 2 is 1.59 bits per heavy atom. The molecule has 2 rings (SSSR count). The second kappa shape index (κ2) is 5.41. The highest BCUT2D eigenvalue weighted by Crippen LogP contribution is 2.28. The molecule has 2 N–H and O–H groups in total. The predicted molar refractivity (Wildman–Crippen MR) is 70.9 cm³/mol. The first-order valence-electron chi connectivity index (χ1n) is 5.11. The van der Waals surface area contributed by atoms with Crippen LogP contribution in [0, 0.1) is 0 Å². The van der Waals surface area contributed by atoms with Crippen molar-refractivity contribution >= 4 is 23.2 Å². The smallest absolute Gasteiger partial charge is 0.132 e. The largest absolute Gasteiger partial charge is 0.457 e. The van der Waals surface area contributed by atoms with Gasteiger partial charge in [0.15, 0.2) is 0 Å². The van der Waals surface area contributed by atoms with Crippen LogP contribution in [0.2, 0.25) is 10.0 Å². The number of hydrogen-bond acceptors (Lipinski definition) is 2. The van der Waals surface area contributed by atoms with Crippen LogP contribution in [0.3, 0.4) is 0 Å². The zero-order valence-electron chi connectivity index (χ0n) is 8.99. The Kier molecular flexibility index (Phi) is 3.89. The van der Waals surface area contributed by atoms with Crippen molar-refractivity contribution in [2.75, 3.05) is 0 Å². The van der Waals surface area contributed by atoms with Gasteiger partial charge in [0, 0.05) is 22.2 Å². The summed E-state index contributed by atoms with van der Waals surface area (Å²) in [4.78, 5) is 0. The molecule has 17 heavy (non-hydrogen) atoms. The van der Waals surface area contributed by atoms with Crippen LogP contribution in [-0.2, 0) is 6.54 Å². The molecule has 0 aliphatic carbocycles. The molecule has 0 amide bonds. The molecule has 0 saturated heterocycles. The lowest BCUT2D eigenvalue weighted by molar-refractivity contribution is 0.476. The Morgan fingerprint density at radius 3 is 2.24 bits per heavy atom. The van der Waals surface area contributed by atoms with Gasteiger partial charge in [0.25, 0.3) is 0 Å². The van der Waals surface area contributed by atoms with Gasteiger partial charge in [0.2, 0.25) is 0 Å². The van der Waals surface area contributed by atoms with Gasteiger partial charge in [-0.15, -0.1) is 0 Å². The van der Waals surface area contributed by atoms with Gasteiger partial charge in [-0.3, -0.25) is 0 Å². The summed E-state index contributed by atoms with van der Waals surface area (Å²) in [6.45, 7) is 0.378. The molecule has 0 bridgehead atoms. The Balaban J connectivity index is 2.26. The first kappa shape index (κ1) is 12.2. The average molecular weight is 268 g/mol. The highest BCUT2D eigenvalue weighted by Gasteiger charge is 2.04. The van der Waals surface area contributed by atoms with Gasteiger partial charge in [0.05, 0.1) is 0 Å². The van der Waals surface area contributed by atoms with E-state index in [1.165, 1.54) is 0 Å². The highest BCUT2D eigenvalue weighted by atomic mass is 35.5. The highest BCUT2D eigenvalue weighted by molar-refractivity contribution is 6.30. The van der Waals surface area contributed by atoms with Crippen LogP contribution in [0.15, 0.2) is 42.5 Å². The van der Waals surface area contributed by atoms with Crippen molar-refractivity contribution in [3.05, 3.63) is 58.1 Å². The Bertz CT molecular complexity index is 511. The summed E-state index contributed by atoms with van der Waals surface area (Å²) in [7, 11) is 0. The van der Waals surface area contributed by atoms with E-state index in [9.17, 15) is 0 Å². The Morgan fingerprint density at radius 1 is 0.941 bits per heavy atom. The summed E-state index contributed by atoms with van der Waals surface area (Å²) in [5.74, 6) is 1.42. The van der Waals surface area contributed by atoms with Gasteiger partial charge in [-0.25, -0.2) is 0 Å². The Labute approximate surface area is 110 Å². The monoisotopic (exact) mass is 267 g/mol. The minimum atomic E-state index is 0.378. The molecule has 0 spiro atoms. The van der Waals surface area contributed by atoms with E-state index in [1.54, 1.807) is 42.5 Å². The van der Waals surface area contributed by atoms with Crippen molar-refractivity contribution in [1.29, 1.82) is 0 Å². The maximum absolute atomic E-state index is 5.89. The molecule has 0 saturated carbocycles. The summed E-state index contributed by atoms with van der Waals surface area (Å²) < 4.78 is 5.71. The fraction of sp³-hybridized carbons (Fsp3) is 0.0769. The third-order valence-corrected chi connectivity index (χ3v) is 2.77. The number of benzene rings is 2. The third kappa shape index (κ3) is 3.13. The van der Waals surface area contributed by atoms with Gasteiger partial charge in [-0.05, 0) is 42.5 Å². The van der Waals surface area contributed by atoms with Gasteiger partial charge in [-0.1, -0.05) is 23.2 Å². The minimum Gasteiger partial charge on any atom is -0.457 e. The maximum atomic E-state index is 5.89. The molecule has 2 nitrogen and oxygen atoms in total. The van der Waals surface area contributed by atoms with E-state index in [1.807, 2.05) is 0 Å². The van der Waals surface area contributed by atoms with Crippen LogP contribution in [0.25, 0.3) is 0 Å². The molecule has 2 aromatic carbocycles. The third-order valence-electron chi connectivity index (χ3n) is 2.28. The molecule has 4 heteroatoms. The fourth-order valence-electron chi connectivity index (χ4n) is 1.44. The average Bonchev–Trinajstić information content (AvgIpc) is 2.34. The zero-order valence-corrected chi connectivity index (χ0v) is 10.5. The molecule has 0 heterocycles. The van der Waals surface area contributed by atoms with Crippen molar-refractivity contribution < 1.29 is 4.74 Å². The predicted octanol–water partition coefficient (Wildman–Crippen LogP) is 4.24. The number of nitrogens with two attached hydrogens (primary N) is 1. The minimum absolute atomic E-state index is 0.378. The van der Waals surface area contributed by atoms with Crippen LogP contribution >= 0.6 is 23.2 Å². The molecule has 2 aromatic rings. The normalized spacial score (nSPS) is 10.3.